The largest absolute Gasteiger partial charge is 0.456 e. The summed E-state index contributed by atoms with van der Waals surface area (Å²) < 4.78 is 15.8. The van der Waals surface area contributed by atoms with Crippen molar-refractivity contribution in [1.82, 2.24) is 9.55 Å². The highest BCUT2D eigenvalue weighted by atomic mass is 16.3. The van der Waals surface area contributed by atoms with Crippen LogP contribution in [0.3, 0.4) is 0 Å². The van der Waals surface area contributed by atoms with Crippen LogP contribution in [0, 0.1) is 0 Å². The Labute approximate surface area is 292 Å². The lowest BCUT2D eigenvalue weighted by molar-refractivity contribution is 0.669. The normalized spacial score (nSPS) is 11.9. The van der Waals surface area contributed by atoms with Crippen LogP contribution in [0.5, 0.6) is 0 Å². The van der Waals surface area contributed by atoms with Gasteiger partial charge in [0.25, 0.3) is 0 Å². The minimum Gasteiger partial charge on any atom is -0.456 e. The van der Waals surface area contributed by atoms with Crippen molar-refractivity contribution in [3.8, 4) is 39.3 Å². The van der Waals surface area contributed by atoms with Gasteiger partial charge in [0.1, 0.15) is 22.3 Å². The molecule has 0 saturated heterocycles. The quantitative estimate of drug-likeness (QED) is 0.190. The Morgan fingerprint density at radius 1 is 0.392 bits per heavy atom. The van der Waals surface area contributed by atoms with Crippen LogP contribution in [0.4, 0.5) is 0 Å². The van der Waals surface area contributed by atoms with Crippen molar-refractivity contribution < 1.29 is 8.83 Å². The number of benzene rings is 7. The molecule has 0 radical (unpaired) electrons. The number of pyridine rings is 1. The average Bonchev–Trinajstić information content (AvgIpc) is 3.88. The van der Waals surface area contributed by atoms with E-state index < -0.39 is 0 Å². The van der Waals surface area contributed by atoms with Gasteiger partial charge in [-0.15, -0.1) is 0 Å². The second-order valence-electron chi connectivity index (χ2n) is 13.1. The van der Waals surface area contributed by atoms with Gasteiger partial charge in [0, 0.05) is 38.2 Å². The summed E-state index contributed by atoms with van der Waals surface area (Å²) in [4.78, 5) is 5.13. The zero-order valence-corrected chi connectivity index (χ0v) is 27.4. The lowest BCUT2D eigenvalue weighted by Crippen LogP contribution is -1.94. The number of aromatic nitrogens is 2. The fourth-order valence-corrected chi connectivity index (χ4v) is 7.94. The first-order valence-corrected chi connectivity index (χ1v) is 17.2. The van der Waals surface area contributed by atoms with E-state index in [0.29, 0.717) is 0 Å². The molecule has 0 N–H and O–H groups in total. The summed E-state index contributed by atoms with van der Waals surface area (Å²) in [6.45, 7) is 0. The maximum atomic E-state index is 7.09. The Kier molecular flexibility index (Phi) is 5.92. The predicted molar refractivity (Wildman–Crippen MR) is 209 cm³/mol. The van der Waals surface area contributed by atoms with Crippen molar-refractivity contribution in [2.45, 2.75) is 0 Å². The van der Waals surface area contributed by atoms with Crippen LogP contribution in [0.1, 0.15) is 0 Å². The fourth-order valence-electron chi connectivity index (χ4n) is 7.94. The van der Waals surface area contributed by atoms with Gasteiger partial charge >= 0.3 is 0 Å². The number of hydrogen-bond donors (Lipinski definition) is 0. The third-order valence-electron chi connectivity index (χ3n) is 10.2. The molecule has 4 nitrogen and oxygen atoms in total. The average molecular weight is 653 g/mol. The number of fused-ring (bicyclic) bond motifs is 10. The molecule has 0 bridgehead atoms. The molecule has 4 aromatic heterocycles. The molecule has 0 spiro atoms. The van der Waals surface area contributed by atoms with Crippen LogP contribution >= 0.6 is 0 Å². The molecule has 4 heteroatoms. The van der Waals surface area contributed by atoms with E-state index in [1.807, 2.05) is 24.3 Å². The van der Waals surface area contributed by atoms with Gasteiger partial charge in [0.05, 0.1) is 38.9 Å². The Bertz CT molecular complexity index is 3070. The van der Waals surface area contributed by atoms with Gasteiger partial charge in [-0.3, -0.25) is 0 Å². The molecule has 0 amide bonds. The lowest BCUT2D eigenvalue weighted by atomic mass is 9.98. The molecule has 0 fully saturated rings. The fraction of sp³-hybridized carbons (Fsp3) is 0. The molecular formula is C47H28N2O2. The van der Waals surface area contributed by atoms with E-state index in [1.54, 1.807) is 0 Å². The van der Waals surface area contributed by atoms with Crippen molar-refractivity contribution in [2.75, 3.05) is 0 Å². The molecule has 0 aliphatic carbocycles. The van der Waals surface area contributed by atoms with E-state index in [-0.39, 0.29) is 0 Å². The minimum absolute atomic E-state index is 0.865. The van der Waals surface area contributed by atoms with Gasteiger partial charge in [-0.2, -0.15) is 0 Å². The van der Waals surface area contributed by atoms with Crippen molar-refractivity contribution >= 4 is 65.7 Å². The summed E-state index contributed by atoms with van der Waals surface area (Å²) in [6, 6.07) is 59.3. The van der Waals surface area contributed by atoms with Crippen molar-refractivity contribution in [3.05, 3.63) is 170 Å². The van der Waals surface area contributed by atoms with E-state index in [4.69, 9.17) is 13.8 Å². The molecule has 11 rings (SSSR count). The summed E-state index contributed by atoms with van der Waals surface area (Å²) >= 11 is 0. The van der Waals surface area contributed by atoms with Crippen molar-refractivity contribution in [2.24, 2.45) is 0 Å². The van der Waals surface area contributed by atoms with Crippen molar-refractivity contribution in [3.63, 3.8) is 0 Å². The molecule has 7 aromatic carbocycles. The number of rotatable bonds is 4. The highest BCUT2D eigenvalue weighted by Gasteiger charge is 2.22. The first-order valence-electron chi connectivity index (χ1n) is 17.2. The topological polar surface area (TPSA) is 44.1 Å². The maximum Gasteiger partial charge on any atom is 0.145 e. The molecular weight excluding hydrogens is 625 g/mol. The van der Waals surface area contributed by atoms with Gasteiger partial charge in [-0.25, -0.2) is 4.98 Å². The molecule has 0 aliphatic heterocycles. The number of furan rings is 2. The van der Waals surface area contributed by atoms with Crippen LogP contribution < -0.4 is 0 Å². The van der Waals surface area contributed by atoms with Crippen LogP contribution in [-0.2, 0) is 0 Å². The van der Waals surface area contributed by atoms with Crippen LogP contribution in [0.15, 0.2) is 179 Å². The van der Waals surface area contributed by atoms with E-state index in [2.05, 4.69) is 150 Å². The van der Waals surface area contributed by atoms with Crippen molar-refractivity contribution in [1.29, 1.82) is 0 Å². The van der Waals surface area contributed by atoms with Gasteiger partial charge in [-0.05, 0) is 54.1 Å². The zero-order valence-electron chi connectivity index (χ0n) is 27.4. The molecule has 238 valence electrons. The third kappa shape index (κ3) is 4.17. The second-order valence-corrected chi connectivity index (χ2v) is 13.1. The lowest BCUT2D eigenvalue weighted by Gasteiger charge is -2.10. The van der Waals surface area contributed by atoms with Crippen LogP contribution in [-0.4, -0.2) is 9.55 Å². The van der Waals surface area contributed by atoms with Gasteiger partial charge in [0.2, 0.25) is 0 Å². The minimum atomic E-state index is 0.865. The zero-order chi connectivity index (χ0) is 33.5. The molecule has 4 heterocycles. The summed E-state index contributed by atoms with van der Waals surface area (Å²) in [5.41, 5.74) is 12.9. The van der Waals surface area contributed by atoms with Crippen LogP contribution in [0.25, 0.3) is 105 Å². The van der Waals surface area contributed by atoms with Gasteiger partial charge < -0.3 is 13.4 Å². The Morgan fingerprint density at radius 2 is 1.02 bits per heavy atom. The second kappa shape index (κ2) is 10.8. The summed E-state index contributed by atoms with van der Waals surface area (Å²) in [5, 5.41) is 6.62. The van der Waals surface area contributed by atoms with Gasteiger partial charge in [0.15, 0.2) is 0 Å². The standard InChI is InChI=1S/C47H28N2O2/c1-3-13-29(14-4-1)37-27-31(28-38(48-37)30-15-5-2-6-16-30)32-19-11-20-33-34-25-26-41-45(47(34)51-46(32)33)35-17-7-9-21-39(35)49(41)40-22-12-24-43-44(40)36-18-8-10-23-42(36)50-43/h1-28H. The summed E-state index contributed by atoms with van der Waals surface area (Å²) in [6.07, 6.45) is 0. The van der Waals surface area contributed by atoms with E-state index in [1.165, 1.54) is 0 Å². The van der Waals surface area contributed by atoms with E-state index >= 15 is 0 Å². The number of para-hydroxylation sites is 3. The first kappa shape index (κ1) is 28.0. The molecule has 0 saturated carbocycles. The number of nitrogens with zero attached hydrogens (tertiary/aromatic N) is 2. The molecule has 0 aliphatic rings. The summed E-state index contributed by atoms with van der Waals surface area (Å²) in [5.74, 6) is 0. The Hall–Kier alpha value is -6.91. The highest BCUT2D eigenvalue weighted by Crippen LogP contribution is 2.45. The number of hydrogen-bond acceptors (Lipinski definition) is 3. The summed E-state index contributed by atoms with van der Waals surface area (Å²) in [7, 11) is 0. The molecule has 0 atom stereocenters. The van der Waals surface area contributed by atoms with Gasteiger partial charge in [-0.1, -0.05) is 121 Å². The van der Waals surface area contributed by atoms with E-state index in [0.717, 1.165) is 105 Å². The Balaban J connectivity index is 1.20. The maximum absolute atomic E-state index is 7.09. The SMILES string of the molecule is c1ccc(-c2cc(-c3cccc4c3oc3c4ccc4c3c3ccccc3n4-c3cccc4oc5ccccc5c34)cc(-c3ccccc3)n2)cc1. The third-order valence-corrected chi connectivity index (χ3v) is 10.2. The highest BCUT2D eigenvalue weighted by molar-refractivity contribution is 6.25. The molecule has 11 aromatic rings. The predicted octanol–water partition coefficient (Wildman–Crippen LogP) is 13.0. The van der Waals surface area contributed by atoms with E-state index in [9.17, 15) is 0 Å². The monoisotopic (exact) mass is 652 g/mol. The molecule has 0 unspecified atom stereocenters. The smallest absolute Gasteiger partial charge is 0.145 e. The Morgan fingerprint density at radius 3 is 1.80 bits per heavy atom. The molecule has 51 heavy (non-hydrogen) atoms. The first-order chi connectivity index (χ1) is 25.3. The van der Waals surface area contributed by atoms with Crippen LogP contribution in [0.2, 0.25) is 0 Å².